The summed E-state index contributed by atoms with van der Waals surface area (Å²) in [6.07, 6.45) is 6.27. The van der Waals surface area contributed by atoms with Gasteiger partial charge in [0.1, 0.15) is 11.5 Å². The molecule has 1 saturated carbocycles. The highest BCUT2D eigenvalue weighted by Gasteiger charge is 2.34. The van der Waals surface area contributed by atoms with Crippen LogP contribution in [0.15, 0.2) is 42.7 Å². The second kappa shape index (κ2) is 6.52. The van der Waals surface area contributed by atoms with Crippen molar-refractivity contribution in [2.75, 3.05) is 4.90 Å². The molecule has 4 heterocycles. The summed E-state index contributed by atoms with van der Waals surface area (Å²) in [5.74, 6) is 1.37. The average Bonchev–Trinajstić information content (AvgIpc) is 3.20. The fraction of sp³-hybridized carbons (Fsp3) is 0.304. The third-order valence-corrected chi connectivity index (χ3v) is 6.14. The van der Waals surface area contributed by atoms with Crippen LogP contribution in [0.2, 0.25) is 0 Å². The molecule has 1 N–H and O–H groups in total. The minimum atomic E-state index is 0.0793. The largest absolute Gasteiger partial charge is 0.348 e. The molecule has 7 heteroatoms. The fourth-order valence-electron chi connectivity index (χ4n) is 4.40. The number of hydrogen-bond donors (Lipinski definition) is 1. The Hall–Kier alpha value is -3.48. The van der Waals surface area contributed by atoms with Gasteiger partial charge in [0.2, 0.25) is 0 Å². The van der Waals surface area contributed by atoms with Crippen LogP contribution in [-0.2, 0) is 13.1 Å². The number of H-pyrrole nitrogens is 1. The smallest absolute Gasteiger partial charge is 0.183 e. The van der Waals surface area contributed by atoms with Crippen LogP contribution in [0.5, 0.6) is 0 Å². The van der Waals surface area contributed by atoms with E-state index in [-0.39, 0.29) is 5.78 Å². The second-order valence-corrected chi connectivity index (χ2v) is 8.16. The van der Waals surface area contributed by atoms with Gasteiger partial charge in [-0.2, -0.15) is 10.2 Å². The summed E-state index contributed by atoms with van der Waals surface area (Å²) in [5.41, 5.74) is 6.91. The van der Waals surface area contributed by atoms with E-state index in [9.17, 15) is 4.79 Å². The Bertz CT molecular complexity index is 1240. The molecule has 4 aromatic rings. The molecule has 6 rings (SSSR count). The van der Waals surface area contributed by atoms with E-state index in [0.717, 1.165) is 54.2 Å². The number of rotatable bonds is 5. The Kier molecular flexibility index (Phi) is 3.78. The number of anilines is 1. The highest BCUT2D eigenvalue weighted by Crippen LogP contribution is 2.44. The van der Waals surface area contributed by atoms with Gasteiger partial charge in [0.15, 0.2) is 11.4 Å². The maximum atomic E-state index is 12.7. The number of aromatic amines is 1. The first kappa shape index (κ1) is 17.4. The van der Waals surface area contributed by atoms with E-state index in [4.69, 9.17) is 10.1 Å². The van der Waals surface area contributed by atoms with Crippen LogP contribution in [0.1, 0.15) is 59.3 Å². The van der Waals surface area contributed by atoms with Gasteiger partial charge in [-0.15, -0.1) is 0 Å². The molecular formula is C23H22N6O. The molecule has 150 valence electrons. The molecule has 2 aliphatic rings. The van der Waals surface area contributed by atoms with Gasteiger partial charge in [-0.25, -0.2) is 9.50 Å². The molecule has 0 radical (unpaired) electrons. The number of carbonyl (C=O) groups excluding carboxylic acids is 1. The average molecular weight is 398 g/mol. The van der Waals surface area contributed by atoms with Gasteiger partial charge in [-0.3, -0.25) is 9.89 Å². The SMILES string of the molecule is CCC(=O)c1nn2c(-c3cn[nH]c3)cc(N3Cc4ccccc4C3)nc2c1C1CC1. The number of ketones is 1. The number of carbonyl (C=O) groups is 1. The van der Waals surface area contributed by atoms with Crippen LogP contribution in [-0.4, -0.2) is 30.6 Å². The quantitative estimate of drug-likeness (QED) is 0.512. The van der Waals surface area contributed by atoms with E-state index >= 15 is 0 Å². The second-order valence-electron chi connectivity index (χ2n) is 8.16. The van der Waals surface area contributed by atoms with Gasteiger partial charge in [0.05, 0.1) is 11.9 Å². The summed E-state index contributed by atoms with van der Waals surface area (Å²) in [6, 6.07) is 10.6. The molecule has 0 saturated heterocycles. The van der Waals surface area contributed by atoms with Crippen molar-refractivity contribution in [2.45, 2.75) is 45.2 Å². The monoisotopic (exact) mass is 398 g/mol. The number of fused-ring (bicyclic) bond motifs is 2. The lowest BCUT2D eigenvalue weighted by atomic mass is 10.1. The molecule has 0 amide bonds. The number of benzene rings is 1. The third kappa shape index (κ3) is 2.65. The minimum Gasteiger partial charge on any atom is -0.348 e. The standard InChI is InChI=1S/C23H22N6O/c1-2-19(30)22-21(14-7-8-14)23-26-20(28-12-15-5-3-4-6-16(15)13-28)9-18(29(23)27-22)17-10-24-25-11-17/h3-6,9-11,14H,2,7-8,12-13H2,1H3,(H,24,25). The van der Waals surface area contributed by atoms with Crippen LogP contribution in [0, 0.1) is 0 Å². The predicted octanol–water partition coefficient (Wildman–Crippen LogP) is 4.11. The van der Waals surface area contributed by atoms with Gasteiger partial charge >= 0.3 is 0 Å². The molecular weight excluding hydrogens is 376 g/mol. The fourth-order valence-corrected chi connectivity index (χ4v) is 4.40. The van der Waals surface area contributed by atoms with Gasteiger partial charge < -0.3 is 4.90 Å². The van der Waals surface area contributed by atoms with Crippen molar-refractivity contribution in [3.05, 3.63) is 65.1 Å². The first-order valence-electron chi connectivity index (χ1n) is 10.5. The van der Waals surface area contributed by atoms with Crippen molar-refractivity contribution in [3.63, 3.8) is 0 Å². The molecule has 0 spiro atoms. The summed E-state index contributed by atoms with van der Waals surface area (Å²) < 4.78 is 1.84. The Labute approximate surface area is 173 Å². The zero-order valence-electron chi connectivity index (χ0n) is 16.8. The van der Waals surface area contributed by atoms with Crippen molar-refractivity contribution in [1.29, 1.82) is 0 Å². The molecule has 1 aromatic carbocycles. The van der Waals surface area contributed by atoms with Crippen LogP contribution < -0.4 is 4.90 Å². The summed E-state index contributed by atoms with van der Waals surface area (Å²) in [7, 11) is 0. The first-order valence-corrected chi connectivity index (χ1v) is 10.5. The molecule has 0 bridgehead atoms. The molecule has 1 fully saturated rings. The van der Waals surface area contributed by atoms with Crippen LogP contribution >= 0.6 is 0 Å². The summed E-state index contributed by atoms with van der Waals surface area (Å²) in [5, 5.41) is 11.8. The topological polar surface area (TPSA) is 79.2 Å². The lowest BCUT2D eigenvalue weighted by molar-refractivity contribution is 0.0982. The van der Waals surface area contributed by atoms with E-state index in [1.54, 1.807) is 6.20 Å². The van der Waals surface area contributed by atoms with Crippen molar-refractivity contribution >= 4 is 17.2 Å². The molecule has 1 aliphatic carbocycles. The van der Waals surface area contributed by atoms with Gasteiger partial charge in [0.25, 0.3) is 0 Å². The summed E-state index contributed by atoms with van der Waals surface area (Å²) in [6.45, 7) is 3.55. The predicted molar refractivity (Wildman–Crippen MR) is 113 cm³/mol. The van der Waals surface area contributed by atoms with E-state index < -0.39 is 0 Å². The molecule has 3 aromatic heterocycles. The van der Waals surface area contributed by atoms with E-state index in [1.165, 1.54) is 11.1 Å². The number of Topliss-reactive ketones (excluding diaryl/α,β-unsaturated/α-hetero) is 1. The van der Waals surface area contributed by atoms with Crippen LogP contribution in [0.4, 0.5) is 5.82 Å². The lowest BCUT2D eigenvalue weighted by Crippen LogP contribution is -2.17. The van der Waals surface area contributed by atoms with E-state index in [1.807, 2.05) is 17.6 Å². The van der Waals surface area contributed by atoms with Crippen molar-refractivity contribution in [2.24, 2.45) is 0 Å². The van der Waals surface area contributed by atoms with Gasteiger partial charge in [-0.1, -0.05) is 31.2 Å². The molecule has 0 unspecified atom stereocenters. The number of aromatic nitrogens is 5. The van der Waals surface area contributed by atoms with E-state index in [0.29, 0.717) is 18.0 Å². The Balaban J connectivity index is 1.57. The Morgan fingerprint density at radius 3 is 2.60 bits per heavy atom. The highest BCUT2D eigenvalue weighted by molar-refractivity contribution is 5.97. The molecule has 1 aliphatic heterocycles. The summed E-state index contributed by atoms with van der Waals surface area (Å²) >= 11 is 0. The van der Waals surface area contributed by atoms with Crippen molar-refractivity contribution in [3.8, 4) is 11.3 Å². The van der Waals surface area contributed by atoms with Gasteiger partial charge in [0, 0.05) is 42.9 Å². The Morgan fingerprint density at radius 2 is 1.97 bits per heavy atom. The normalized spacial score (nSPS) is 15.7. The van der Waals surface area contributed by atoms with E-state index in [2.05, 4.69) is 45.4 Å². The molecule has 0 atom stereocenters. The minimum absolute atomic E-state index is 0.0793. The number of hydrogen-bond acceptors (Lipinski definition) is 5. The molecule has 7 nitrogen and oxygen atoms in total. The summed E-state index contributed by atoms with van der Waals surface area (Å²) in [4.78, 5) is 20.0. The maximum Gasteiger partial charge on any atom is 0.183 e. The highest BCUT2D eigenvalue weighted by atomic mass is 16.1. The maximum absolute atomic E-state index is 12.7. The third-order valence-electron chi connectivity index (χ3n) is 6.14. The van der Waals surface area contributed by atoms with Crippen molar-refractivity contribution in [1.82, 2.24) is 24.8 Å². The zero-order valence-corrected chi connectivity index (χ0v) is 16.8. The molecule has 30 heavy (non-hydrogen) atoms. The van der Waals surface area contributed by atoms with Crippen molar-refractivity contribution < 1.29 is 4.79 Å². The van der Waals surface area contributed by atoms with Gasteiger partial charge in [-0.05, 0) is 29.9 Å². The first-order chi connectivity index (χ1) is 14.7. The lowest BCUT2D eigenvalue weighted by Gasteiger charge is -2.18. The Morgan fingerprint density at radius 1 is 1.20 bits per heavy atom. The van der Waals surface area contributed by atoms with Crippen LogP contribution in [0.3, 0.4) is 0 Å². The zero-order chi connectivity index (χ0) is 20.2. The number of nitrogens with zero attached hydrogens (tertiary/aromatic N) is 5. The van der Waals surface area contributed by atoms with Crippen LogP contribution in [0.25, 0.3) is 16.9 Å². The number of nitrogens with one attached hydrogen (secondary N) is 1.